The van der Waals surface area contributed by atoms with Crippen molar-refractivity contribution in [1.29, 1.82) is 0 Å². The number of hydrogen-bond acceptors (Lipinski definition) is 3. The molecule has 3 aliphatic rings. The normalized spacial score (nSPS) is 26.9. The van der Waals surface area contributed by atoms with Crippen molar-refractivity contribution < 1.29 is 4.74 Å². The van der Waals surface area contributed by atoms with E-state index in [0.29, 0.717) is 11.5 Å². The lowest BCUT2D eigenvalue weighted by molar-refractivity contribution is 0.0220. The number of hydrogen-bond donors (Lipinski definition) is 1. The molecule has 1 atom stereocenters. The number of nitrogens with zero attached hydrogens (tertiary/aromatic N) is 3. The van der Waals surface area contributed by atoms with Gasteiger partial charge in [0.1, 0.15) is 0 Å². The Morgan fingerprint density at radius 3 is 2.61 bits per heavy atom. The standard InChI is InChI=1S/C18H34N4O/c1-3-19-17(20-14-16(2)21-10-12-23-13-11-21)22-9-8-18(15-22)6-4-5-7-18/h16H,3-15H2,1-2H3,(H,19,20). The third-order valence-electron chi connectivity index (χ3n) is 5.91. The molecule has 0 aromatic carbocycles. The quantitative estimate of drug-likeness (QED) is 0.634. The van der Waals surface area contributed by atoms with Crippen LogP contribution in [0.4, 0.5) is 0 Å². The van der Waals surface area contributed by atoms with E-state index in [2.05, 4.69) is 29.0 Å². The van der Waals surface area contributed by atoms with Crippen LogP contribution in [-0.2, 0) is 4.74 Å². The third kappa shape index (κ3) is 4.18. The zero-order chi connectivity index (χ0) is 16.1. The van der Waals surface area contributed by atoms with Gasteiger partial charge in [-0.25, -0.2) is 0 Å². The molecular formula is C18H34N4O. The maximum absolute atomic E-state index is 5.45. The zero-order valence-corrected chi connectivity index (χ0v) is 15.0. The second-order valence-electron chi connectivity index (χ2n) is 7.57. The molecule has 5 heteroatoms. The Bertz CT molecular complexity index is 400. The van der Waals surface area contributed by atoms with E-state index in [1.54, 1.807) is 0 Å². The van der Waals surface area contributed by atoms with Gasteiger partial charge in [-0.15, -0.1) is 0 Å². The molecule has 0 amide bonds. The molecule has 1 aliphatic carbocycles. The van der Waals surface area contributed by atoms with Crippen molar-refractivity contribution >= 4 is 5.96 Å². The van der Waals surface area contributed by atoms with Gasteiger partial charge in [0.05, 0.1) is 19.8 Å². The summed E-state index contributed by atoms with van der Waals surface area (Å²) in [4.78, 5) is 9.99. The van der Waals surface area contributed by atoms with Crippen molar-refractivity contribution in [3.8, 4) is 0 Å². The van der Waals surface area contributed by atoms with Gasteiger partial charge in [0.2, 0.25) is 0 Å². The van der Waals surface area contributed by atoms with Crippen LogP contribution in [0.25, 0.3) is 0 Å². The van der Waals surface area contributed by atoms with E-state index in [1.807, 2.05) is 0 Å². The van der Waals surface area contributed by atoms with Crippen LogP contribution in [0.3, 0.4) is 0 Å². The van der Waals surface area contributed by atoms with Crippen LogP contribution in [0.2, 0.25) is 0 Å². The Morgan fingerprint density at radius 2 is 1.91 bits per heavy atom. The molecular weight excluding hydrogens is 288 g/mol. The molecule has 1 spiro atoms. The van der Waals surface area contributed by atoms with E-state index in [-0.39, 0.29) is 0 Å². The average molecular weight is 322 g/mol. The Labute approximate surface area is 141 Å². The molecule has 0 radical (unpaired) electrons. The summed E-state index contributed by atoms with van der Waals surface area (Å²) in [6.07, 6.45) is 7.06. The first-order valence-corrected chi connectivity index (χ1v) is 9.57. The van der Waals surface area contributed by atoms with E-state index in [1.165, 1.54) is 45.2 Å². The predicted molar refractivity (Wildman–Crippen MR) is 94.9 cm³/mol. The summed E-state index contributed by atoms with van der Waals surface area (Å²) in [5, 5.41) is 3.52. The molecule has 1 N–H and O–H groups in total. The molecule has 5 nitrogen and oxygen atoms in total. The minimum absolute atomic E-state index is 0.496. The van der Waals surface area contributed by atoms with Gasteiger partial charge in [0, 0.05) is 38.8 Å². The lowest BCUT2D eigenvalue weighted by Crippen LogP contribution is -2.45. The van der Waals surface area contributed by atoms with E-state index in [4.69, 9.17) is 9.73 Å². The van der Waals surface area contributed by atoms with E-state index >= 15 is 0 Å². The van der Waals surface area contributed by atoms with Crippen molar-refractivity contribution in [2.24, 2.45) is 10.4 Å². The molecule has 0 bridgehead atoms. The first-order chi connectivity index (χ1) is 11.2. The summed E-state index contributed by atoms with van der Waals surface area (Å²) in [5.41, 5.74) is 0.603. The Kier molecular flexibility index (Phi) is 5.81. The van der Waals surface area contributed by atoms with Crippen LogP contribution >= 0.6 is 0 Å². The largest absolute Gasteiger partial charge is 0.379 e. The molecule has 2 aliphatic heterocycles. The van der Waals surface area contributed by atoms with E-state index < -0.39 is 0 Å². The number of morpholine rings is 1. The van der Waals surface area contributed by atoms with Crippen molar-refractivity contribution in [3.63, 3.8) is 0 Å². The number of rotatable bonds is 4. The fourth-order valence-corrected chi connectivity index (χ4v) is 4.43. The second-order valence-corrected chi connectivity index (χ2v) is 7.57. The minimum atomic E-state index is 0.496. The summed E-state index contributed by atoms with van der Waals surface area (Å²) in [7, 11) is 0. The van der Waals surface area contributed by atoms with Gasteiger partial charge in [0.25, 0.3) is 0 Å². The van der Waals surface area contributed by atoms with Gasteiger partial charge in [0.15, 0.2) is 5.96 Å². The fourth-order valence-electron chi connectivity index (χ4n) is 4.43. The summed E-state index contributed by atoms with van der Waals surface area (Å²) in [6.45, 7) is 12.5. The predicted octanol–water partition coefficient (Wildman–Crippen LogP) is 1.94. The number of nitrogens with one attached hydrogen (secondary N) is 1. The highest BCUT2D eigenvalue weighted by Gasteiger charge is 2.41. The van der Waals surface area contributed by atoms with Crippen LogP contribution in [-0.4, -0.2) is 74.3 Å². The summed E-state index contributed by atoms with van der Waals surface area (Å²) in [6, 6.07) is 0.496. The van der Waals surface area contributed by atoms with E-state index in [0.717, 1.165) is 45.4 Å². The Hall–Kier alpha value is -0.810. The first-order valence-electron chi connectivity index (χ1n) is 9.57. The summed E-state index contributed by atoms with van der Waals surface area (Å²) >= 11 is 0. The van der Waals surface area contributed by atoms with Crippen LogP contribution < -0.4 is 5.32 Å². The fraction of sp³-hybridized carbons (Fsp3) is 0.944. The van der Waals surface area contributed by atoms with Crippen LogP contribution in [0.1, 0.15) is 46.0 Å². The minimum Gasteiger partial charge on any atom is -0.379 e. The monoisotopic (exact) mass is 322 g/mol. The molecule has 2 saturated heterocycles. The van der Waals surface area contributed by atoms with Crippen molar-refractivity contribution in [2.75, 3.05) is 52.5 Å². The zero-order valence-electron chi connectivity index (χ0n) is 15.0. The molecule has 23 heavy (non-hydrogen) atoms. The average Bonchev–Trinajstić information content (AvgIpc) is 3.22. The number of ether oxygens (including phenoxy) is 1. The smallest absolute Gasteiger partial charge is 0.193 e. The molecule has 3 fully saturated rings. The summed E-state index contributed by atoms with van der Waals surface area (Å²) < 4.78 is 5.45. The van der Waals surface area contributed by atoms with Crippen LogP contribution in [0.15, 0.2) is 4.99 Å². The maximum atomic E-state index is 5.45. The second kappa shape index (κ2) is 7.84. The highest BCUT2D eigenvalue weighted by molar-refractivity contribution is 5.80. The first kappa shape index (κ1) is 17.0. The van der Waals surface area contributed by atoms with Gasteiger partial charge in [-0.2, -0.15) is 0 Å². The Balaban J connectivity index is 1.57. The highest BCUT2D eigenvalue weighted by atomic mass is 16.5. The molecule has 3 rings (SSSR count). The number of guanidine groups is 1. The number of aliphatic imine (C=N–C) groups is 1. The molecule has 1 unspecified atom stereocenters. The van der Waals surface area contributed by atoms with Gasteiger partial charge in [-0.05, 0) is 38.5 Å². The van der Waals surface area contributed by atoms with Gasteiger partial charge in [-0.3, -0.25) is 9.89 Å². The van der Waals surface area contributed by atoms with Crippen molar-refractivity contribution in [1.82, 2.24) is 15.1 Å². The lowest BCUT2D eigenvalue weighted by atomic mass is 9.86. The van der Waals surface area contributed by atoms with Crippen molar-refractivity contribution in [2.45, 2.75) is 52.0 Å². The van der Waals surface area contributed by atoms with Crippen LogP contribution in [0.5, 0.6) is 0 Å². The van der Waals surface area contributed by atoms with Crippen LogP contribution in [0, 0.1) is 5.41 Å². The molecule has 0 aromatic rings. The molecule has 132 valence electrons. The third-order valence-corrected chi connectivity index (χ3v) is 5.91. The maximum Gasteiger partial charge on any atom is 0.193 e. The molecule has 2 heterocycles. The molecule has 0 aromatic heterocycles. The highest BCUT2D eigenvalue weighted by Crippen LogP contribution is 2.45. The lowest BCUT2D eigenvalue weighted by Gasteiger charge is -2.32. The topological polar surface area (TPSA) is 40.1 Å². The van der Waals surface area contributed by atoms with Gasteiger partial charge < -0.3 is 15.0 Å². The Morgan fingerprint density at radius 1 is 1.17 bits per heavy atom. The van der Waals surface area contributed by atoms with Gasteiger partial charge in [-0.1, -0.05) is 12.8 Å². The SMILES string of the molecule is CCNC(=NCC(C)N1CCOCC1)N1CCC2(CCCC2)C1. The number of likely N-dealkylation sites (tertiary alicyclic amines) is 1. The van der Waals surface area contributed by atoms with Gasteiger partial charge >= 0.3 is 0 Å². The van der Waals surface area contributed by atoms with Crippen molar-refractivity contribution in [3.05, 3.63) is 0 Å². The van der Waals surface area contributed by atoms with E-state index in [9.17, 15) is 0 Å². The molecule has 1 saturated carbocycles. The summed E-state index contributed by atoms with van der Waals surface area (Å²) in [5.74, 6) is 1.14.